The lowest BCUT2D eigenvalue weighted by atomic mass is 9.96. The third kappa shape index (κ3) is 4.76. The molecule has 1 amide bonds. The molecule has 0 bridgehead atoms. The number of nitrogens with zero attached hydrogens (tertiary/aromatic N) is 2. The summed E-state index contributed by atoms with van der Waals surface area (Å²) in [6, 6.07) is 2.00. The first kappa shape index (κ1) is 18.4. The van der Waals surface area contributed by atoms with E-state index >= 15 is 0 Å². The van der Waals surface area contributed by atoms with E-state index in [9.17, 15) is 9.90 Å². The predicted octanol–water partition coefficient (Wildman–Crippen LogP) is 1.57. The number of aliphatic hydroxyl groups excluding tert-OH is 1. The van der Waals surface area contributed by atoms with Crippen molar-refractivity contribution in [3.63, 3.8) is 0 Å². The molecule has 0 unspecified atom stereocenters. The summed E-state index contributed by atoms with van der Waals surface area (Å²) in [4.78, 5) is 18.0. The predicted molar refractivity (Wildman–Crippen MR) is 93.0 cm³/mol. The van der Waals surface area contributed by atoms with Gasteiger partial charge in [-0.1, -0.05) is 6.92 Å². The Balaban J connectivity index is 1.95. The van der Waals surface area contributed by atoms with Crippen molar-refractivity contribution in [2.24, 2.45) is 11.8 Å². The van der Waals surface area contributed by atoms with Gasteiger partial charge in [-0.25, -0.2) is 0 Å². The second-order valence-electron chi connectivity index (χ2n) is 6.32. The molecule has 0 aliphatic carbocycles. The highest BCUT2D eigenvalue weighted by Crippen LogP contribution is 2.26. The van der Waals surface area contributed by atoms with Crippen molar-refractivity contribution in [1.82, 2.24) is 9.80 Å². The number of amides is 1. The fourth-order valence-electron chi connectivity index (χ4n) is 3.12. The van der Waals surface area contributed by atoms with E-state index in [1.807, 2.05) is 16.3 Å². The maximum absolute atomic E-state index is 12.7. The molecule has 1 aromatic rings. The van der Waals surface area contributed by atoms with Gasteiger partial charge in [0.2, 0.25) is 0 Å². The highest BCUT2D eigenvalue weighted by atomic mass is 32.1. The molecular formula is C17H28N2O3S. The van der Waals surface area contributed by atoms with Gasteiger partial charge < -0.3 is 19.6 Å². The van der Waals surface area contributed by atoms with Crippen molar-refractivity contribution in [3.05, 3.63) is 21.9 Å². The van der Waals surface area contributed by atoms with Gasteiger partial charge in [-0.2, -0.15) is 0 Å². The molecule has 1 fully saturated rings. The molecule has 130 valence electrons. The first-order chi connectivity index (χ1) is 11.1. The second kappa shape index (κ2) is 8.78. The normalized spacial score (nSPS) is 21.3. The summed E-state index contributed by atoms with van der Waals surface area (Å²) >= 11 is 1.64. The minimum atomic E-state index is 0.0986. The van der Waals surface area contributed by atoms with E-state index in [1.165, 1.54) is 4.88 Å². The summed E-state index contributed by atoms with van der Waals surface area (Å²) in [6.45, 7) is 6.05. The fraction of sp³-hybridized carbons (Fsp3) is 0.706. The van der Waals surface area contributed by atoms with E-state index in [0.29, 0.717) is 19.1 Å². The van der Waals surface area contributed by atoms with Crippen molar-refractivity contribution >= 4 is 17.2 Å². The number of hydrogen-bond acceptors (Lipinski definition) is 5. The molecule has 1 N–H and O–H groups in total. The molecule has 5 nitrogen and oxygen atoms in total. The van der Waals surface area contributed by atoms with Crippen LogP contribution in [0.5, 0.6) is 0 Å². The minimum Gasteiger partial charge on any atom is -0.396 e. The lowest BCUT2D eigenvalue weighted by Gasteiger charge is -2.23. The van der Waals surface area contributed by atoms with Crippen LogP contribution in [0.4, 0.5) is 0 Å². The lowest BCUT2D eigenvalue weighted by molar-refractivity contribution is 0.0779. The topological polar surface area (TPSA) is 53.0 Å². The molecule has 0 spiro atoms. The maximum atomic E-state index is 12.7. The van der Waals surface area contributed by atoms with Crippen LogP contribution in [0.3, 0.4) is 0 Å². The average molecular weight is 340 g/mol. The molecule has 1 aromatic heterocycles. The van der Waals surface area contributed by atoms with Crippen LogP contribution in [0, 0.1) is 11.8 Å². The molecule has 2 rings (SSSR count). The Bertz CT molecular complexity index is 506. The van der Waals surface area contributed by atoms with Gasteiger partial charge in [0.05, 0.1) is 12.2 Å². The van der Waals surface area contributed by atoms with Crippen molar-refractivity contribution in [3.8, 4) is 0 Å². The van der Waals surface area contributed by atoms with Gasteiger partial charge in [-0.15, -0.1) is 11.3 Å². The Morgan fingerprint density at radius 1 is 1.48 bits per heavy atom. The van der Waals surface area contributed by atoms with Gasteiger partial charge >= 0.3 is 0 Å². The summed E-state index contributed by atoms with van der Waals surface area (Å²) in [5.74, 6) is 0.574. The first-order valence-electron chi connectivity index (χ1n) is 8.24. The van der Waals surface area contributed by atoms with E-state index in [1.54, 1.807) is 18.4 Å². The molecule has 0 radical (unpaired) electrons. The number of ether oxygens (including phenoxy) is 1. The SMILES string of the molecule is CCc1cc(C(=O)N2C[C@@H](CN(C)CCOC)[C@@H](CO)C2)cs1. The summed E-state index contributed by atoms with van der Waals surface area (Å²) in [7, 11) is 3.76. The molecule has 1 aliphatic rings. The van der Waals surface area contributed by atoms with Crippen LogP contribution in [-0.4, -0.2) is 74.4 Å². The number of likely N-dealkylation sites (N-methyl/N-ethyl adjacent to an activating group) is 1. The number of thiophene rings is 1. The lowest BCUT2D eigenvalue weighted by Crippen LogP contribution is -2.33. The van der Waals surface area contributed by atoms with E-state index in [-0.39, 0.29) is 18.4 Å². The van der Waals surface area contributed by atoms with Crippen LogP contribution in [0.15, 0.2) is 11.4 Å². The Hall–Kier alpha value is -0.950. The number of carbonyl (C=O) groups is 1. The van der Waals surface area contributed by atoms with Crippen LogP contribution in [0.2, 0.25) is 0 Å². The van der Waals surface area contributed by atoms with Crippen LogP contribution >= 0.6 is 11.3 Å². The standard InChI is InChI=1S/C17H28N2O3S/c1-4-16-7-13(12-23-16)17(21)19-9-14(15(10-19)11-20)8-18(2)5-6-22-3/h7,12,14-15,20H,4-6,8-11H2,1-3H3/t14-,15-/m1/s1. The Labute approximate surface area is 142 Å². The highest BCUT2D eigenvalue weighted by Gasteiger charge is 2.35. The minimum absolute atomic E-state index is 0.0986. The molecular weight excluding hydrogens is 312 g/mol. The first-order valence-corrected chi connectivity index (χ1v) is 9.12. The molecule has 1 saturated heterocycles. The molecule has 1 aliphatic heterocycles. The van der Waals surface area contributed by atoms with Gasteiger partial charge in [0.15, 0.2) is 0 Å². The number of aliphatic hydroxyl groups is 1. The number of likely N-dealkylation sites (tertiary alicyclic amines) is 1. The summed E-state index contributed by atoms with van der Waals surface area (Å²) in [6.07, 6.45) is 0.962. The summed E-state index contributed by atoms with van der Waals surface area (Å²) in [5, 5.41) is 11.6. The largest absolute Gasteiger partial charge is 0.396 e. The monoisotopic (exact) mass is 340 g/mol. The zero-order chi connectivity index (χ0) is 16.8. The Morgan fingerprint density at radius 3 is 2.83 bits per heavy atom. The zero-order valence-electron chi connectivity index (χ0n) is 14.3. The molecule has 6 heteroatoms. The van der Waals surface area contributed by atoms with Gasteiger partial charge in [-0.05, 0) is 25.5 Å². The third-order valence-corrected chi connectivity index (χ3v) is 5.65. The highest BCUT2D eigenvalue weighted by molar-refractivity contribution is 7.10. The van der Waals surface area contributed by atoms with Crippen molar-refractivity contribution in [2.75, 3.05) is 53.6 Å². The quantitative estimate of drug-likeness (QED) is 0.780. The molecule has 2 heterocycles. The average Bonchev–Trinajstić information content (AvgIpc) is 3.18. The van der Waals surface area contributed by atoms with E-state index in [0.717, 1.165) is 31.6 Å². The number of hydrogen-bond donors (Lipinski definition) is 1. The molecule has 0 aromatic carbocycles. The van der Waals surface area contributed by atoms with Crippen LogP contribution < -0.4 is 0 Å². The fourth-order valence-corrected chi connectivity index (χ4v) is 3.93. The number of methoxy groups -OCH3 is 1. The third-order valence-electron chi connectivity index (χ3n) is 4.57. The Kier molecular flexibility index (Phi) is 7.02. The van der Waals surface area contributed by atoms with Crippen molar-refractivity contribution in [2.45, 2.75) is 13.3 Å². The van der Waals surface area contributed by atoms with E-state index in [4.69, 9.17) is 4.74 Å². The summed E-state index contributed by atoms with van der Waals surface area (Å²) in [5.41, 5.74) is 0.789. The van der Waals surface area contributed by atoms with Crippen LogP contribution in [-0.2, 0) is 11.2 Å². The van der Waals surface area contributed by atoms with Gasteiger partial charge in [0, 0.05) is 56.1 Å². The smallest absolute Gasteiger partial charge is 0.254 e. The molecule has 2 atom stereocenters. The Morgan fingerprint density at radius 2 is 2.22 bits per heavy atom. The molecule has 23 heavy (non-hydrogen) atoms. The van der Waals surface area contributed by atoms with E-state index < -0.39 is 0 Å². The number of carbonyl (C=O) groups excluding carboxylic acids is 1. The van der Waals surface area contributed by atoms with Gasteiger partial charge in [-0.3, -0.25) is 4.79 Å². The van der Waals surface area contributed by atoms with Gasteiger partial charge in [0.25, 0.3) is 5.91 Å². The second-order valence-corrected chi connectivity index (χ2v) is 7.32. The van der Waals surface area contributed by atoms with Crippen molar-refractivity contribution < 1.29 is 14.6 Å². The van der Waals surface area contributed by atoms with Crippen LogP contribution in [0.1, 0.15) is 22.2 Å². The van der Waals surface area contributed by atoms with Crippen LogP contribution in [0.25, 0.3) is 0 Å². The van der Waals surface area contributed by atoms with Gasteiger partial charge in [0.1, 0.15) is 0 Å². The zero-order valence-corrected chi connectivity index (χ0v) is 15.1. The maximum Gasteiger partial charge on any atom is 0.254 e. The number of aryl methyl sites for hydroxylation is 1. The van der Waals surface area contributed by atoms with Crippen molar-refractivity contribution in [1.29, 1.82) is 0 Å². The number of rotatable bonds is 8. The molecule has 0 saturated carbocycles. The summed E-state index contributed by atoms with van der Waals surface area (Å²) < 4.78 is 5.11. The van der Waals surface area contributed by atoms with E-state index in [2.05, 4.69) is 18.9 Å².